The van der Waals surface area contributed by atoms with E-state index in [9.17, 15) is 9.59 Å². The molecule has 0 amide bonds. The van der Waals surface area contributed by atoms with Crippen LogP contribution in [0.1, 0.15) is 22.3 Å². The smallest absolute Gasteiger partial charge is 0.331 e. The fourth-order valence-corrected chi connectivity index (χ4v) is 1.19. The van der Waals surface area contributed by atoms with Gasteiger partial charge in [-0.25, -0.2) is 4.79 Å². The number of carbonyl (C=O) groups is 2. The minimum atomic E-state index is -1.13. The molecule has 0 spiro atoms. The second-order valence-electron chi connectivity index (χ2n) is 3.38. The molecule has 0 radical (unpaired) electrons. The highest BCUT2D eigenvalue weighted by atomic mass is 16.4. The van der Waals surface area contributed by atoms with Crippen LogP contribution in [0.25, 0.3) is 0 Å². The number of hydrogen-bond donors (Lipinski definition) is 1. The van der Waals surface area contributed by atoms with E-state index in [0.29, 0.717) is 5.56 Å². The molecule has 1 aromatic rings. The van der Waals surface area contributed by atoms with Gasteiger partial charge < -0.3 is 5.11 Å². The number of aryl methyl sites for hydroxylation is 1. The van der Waals surface area contributed by atoms with E-state index in [1.54, 1.807) is 18.2 Å². The van der Waals surface area contributed by atoms with Crippen LogP contribution in [0.15, 0.2) is 36.4 Å². The van der Waals surface area contributed by atoms with Crippen LogP contribution in [0.3, 0.4) is 0 Å². The third-order valence-corrected chi connectivity index (χ3v) is 2.02. The average Bonchev–Trinajstić information content (AvgIpc) is 2.17. The number of rotatable bonds is 4. The molecule has 15 heavy (non-hydrogen) atoms. The van der Waals surface area contributed by atoms with Crippen molar-refractivity contribution in [2.45, 2.75) is 13.3 Å². The van der Waals surface area contributed by atoms with Gasteiger partial charge in [0.05, 0.1) is 0 Å². The topological polar surface area (TPSA) is 54.4 Å². The Labute approximate surface area is 88.0 Å². The summed E-state index contributed by atoms with van der Waals surface area (Å²) in [6.45, 7) is 5.20. The van der Waals surface area contributed by atoms with Gasteiger partial charge in [-0.3, -0.25) is 4.79 Å². The fourth-order valence-electron chi connectivity index (χ4n) is 1.19. The summed E-state index contributed by atoms with van der Waals surface area (Å²) in [4.78, 5) is 22.1. The maximum atomic E-state index is 11.6. The summed E-state index contributed by atoms with van der Waals surface area (Å²) < 4.78 is 0. The van der Waals surface area contributed by atoms with Crippen molar-refractivity contribution < 1.29 is 14.7 Å². The molecule has 3 nitrogen and oxygen atoms in total. The second-order valence-corrected chi connectivity index (χ2v) is 3.38. The molecule has 0 aliphatic rings. The number of carboxylic acid groups (broad SMARTS) is 1. The van der Waals surface area contributed by atoms with Crippen molar-refractivity contribution in [2.75, 3.05) is 0 Å². The summed E-state index contributed by atoms with van der Waals surface area (Å²) in [5.74, 6) is -1.35. The van der Waals surface area contributed by atoms with Crippen molar-refractivity contribution in [1.82, 2.24) is 0 Å². The van der Waals surface area contributed by atoms with Crippen LogP contribution in [0, 0.1) is 6.92 Å². The Hall–Kier alpha value is -1.90. The van der Waals surface area contributed by atoms with E-state index in [4.69, 9.17) is 5.11 Å². The van der Waals surface area contributed by atoms with Crippen LogP contribution in [0.2, 0.25) is 0 Å². The number of aliphatic carboxylic acids is 1. The van der Waals surface area contributed by atoms with Gasteiger partial charge in [-0.15, -0.1) is 0 Å². The maximum Gasteiger partial charge on any atom is 0.331 e. The number of benzene rings is 1. The molecule has 1 rings (SSSR count). The van der Waals surface area contributed by atoms with Crippen LogP contribution in [0.5, 0.6) is 0 Å². The first-order valence-electron chi connectivity index (χ1n) is 4.51. The number of carbonyl (C=O) groups excluding carboxylic acids is 1. The molecule has 0 bridgehead atoms. The van der Waals surface area contributed by atoms with E-state index in [2.05, 4.69) is 6.58 Å². The highest BCUT2D eigenvalue weighted by Crippen LogP contribution is 2.10. The Morgan fingerprint density at radius 3 is 2.60 bits per heavy atom. The fraction of sp³-hybridized carbons (Fsp3) is 0.167. The quantitative estimate of drug-likeness (QED) is 0.604. The van der Waals surface area contributed by atoms with Gasteiger partial charge in [0.2, 0.25) is 0 Å². The molecule has 0 aromatic heterocycles. The molecule has 0 aliphatic heterocycles. The Morgan fingerprint density at radius 1 is 1.40 bits per heavy atom. The van der Waals surface area contributed by atoms with Crippen molar-refractivity contribution in [3.63, 3.8) is 0 Å². The van der Waals surface area contributed by atoms with Crippen LogP contribution >= 0.6 is 0 Å². The van der Waals surface area contributed by atoms with E-state index in [1.807, 2.05) is 13.0 Å². The maximum absolute atomic E-state index is 11.6. The van der Waals surface area contributed by atoms with E-state index < -0.39 is 5.97 Å². The van der Waals surface area contributed by atoms with Gasteiger partial charge >= 0.3 is 5.97 Å². The summed E-state index contributed by atoms with van der Waals surface area (Å²) >= 11 is 0. The summed E-state index contributed by atoms with van der Waals surface area (Å²) in [5.41, 5.74) is 1.42. The van der Waals surface area contributed by atoms with Crippen molar-refractivity contribution in [3.05, 3.63) is 47.5 Å². The summed E-state index contributed by atoms with van der Waals surface area (Å²) in [5, 5.41) is 8.58. The van der Waals surface area contributed by atoms with Crippen LogP contribution < -0.4 is 0 Å². The molecular weight excluding hydrogens is 192 g/mol. The molecule has 0 saturated carbocycles. The second kappa shape index (κ2) is 4.55. The minimum absolute atomic E-state index is 0.0819. The number of carboxylic acids is 1. The zero-order valence-corrected chi connectivity index (χ0v) is 8.49. The summed E-state index contributed by atoms with van der Waals surface area (Å²) in [6, 6.07) is 7.05. The first-order chi connectivity index (χ1) is 7.00. The molecule has 0 heterocycles. The minimum Gasteiger partial charge on any atom is -0.478 e. The van der Waals surface area contributed by atoms with Crippen molar-refractivity contribution in [1.29, 1.82) is 0 Å². The predicted octanol–water partition coefficient (Wildman–Crippen LogP) is 2.21. The molecule has 0 unspecified atom stereocenters. The number of hydrogen-bond acceptors (Lipinski definition) is 2. The monoisotopic (exact) mass is 204 g/mol. The van der Waals surface area contributed by atoms with E-state index >= 15 is 0 Å². The van der Waals surface area contributed by atoms with Gasteiger partial charge in [0, 0.05) is 17.6 Å². The first kappa shape index (κ1) is 11.2. The lowest BCUT2D eigenvalue weighted by Gasteiger charge is -2.01. The molecule has 1 aromatic carbocycles. The predicted molar refractivity (Wildman–Crippen MR) is 56.9 cm³/mol. The Morgan fingerprint density at radius 2 is 2.07 bits per heavy atom. The first-order valence-corrected chi connectivity index (χ1v) is 4.51. The lowest BCUT2D eigenvalue weighted by atomic mass is 10.0. The van der Waals surface area contributed by atoms with Gasteiger partial charge in [0.25, 0.3) is 0 Å². The van der Waals surface area contributed by atoms with Crippen molar-refractivity contribution in [3.8, 4) is 0 Å². The third kappa shape index (κ3) is 3.06. The molecule has 0 fully saturated rings. The van der Waals surface area contributed by atoms with E-state index in [1.165, 1.54) is 0 Å². The number of Topliss-reactive ketones (excluding diaryl/α,β-unsaturated/α-hetero) is 1. The van der Waals surface area contributed by atoms with Crippen LogP contribution in [-0.2, 0) is 4.79 Å². The highest BCUT2D eigenvalue weighted by Gasteiger charge is 2.11. The zero-order valence-electron chi connectivity index (χ0n) is 8.49. The highest BCUT2D eigenvalue weighted by molar-refractivity contribution is 6.02. The Bertz CT molecular complexity index is 419. The Kier molecular flexibility index (Phi) is 3.39. The molecule has 3 heteroatoms. The SMILES string of the molecule is C=C(CC(=O)c1cccc(C)c1)C(=O)O. The summed E-state index contributed by atoms with van der Waals surface area (Å²) in [6.07, 6.45) is -0.140. The third-order valence-electron chi connectivity index (χ3n) is 2.02. The summed E-state index contributed by atoms with van der Waals surface area (Å²) in [7, 11) is 0. The van der Waals surface area contributed by atoms with Gasteiger partial charge in [-0.2, -0.15) is 0 Å². The van der Waals surface area contributed by atoms with Crippen LogP contribution in [0.4, 0.5) is 0 Å². The van der Waals surface area contributed by atoms with Crippen LogP contribution in [-0.4, -0.2) is 16.9 Å². The zero-order chi connectivity index (χ0) is 11.4. The normalized spacial score (nSPS) is 9.67. The molecule has 78 valence electrons. The molecule has 0 aliphatic carbocycles. The lowest BCUT2D eigenvalue weighted by Crippen LogP contribution is -2.06. The molecule has 0 atom stereocenters. The molecular formula is C12H12O3. The van der Waals surface area contributed by atoms with Gasteiger partial charge in [-0.05, 0) is 13.0 Å². The van der Waals surface area contributed by atoms with E-state index in [-0.39, 0.29) is 17.8 Å². The van der Waals surface area contributed by atoms with Crippen molar-refractivity contribution in [2.24, 2.45) is 0 Å². The largest absolute Gasteiger partial charge is 0.478 e. The lowest BCUT2D eigenvalue weighted by molar-refractivity contribution is -0.132. The molecule has 0 saturated heterocycles. The van der Waals surface area contributed by atoms with E-state index in [0.717, 1.165) is 5.56 Å². The standard InChI is InChI=1S/C12H12O3/c1-8-4-3-5-10(6-8)11(13)7-9(2)12(14)15/h3-6H,2,7H2,1H3,(H,14,15). The van der Waals surface area contributed by atoms with Gasteiger partial charge in [0.15, 0.2) is 5.78 Å². The molecule has 1 N–H and O–H groups in total. The average molecular weight is 204 g/mol. The number of ketones is 1. The Balaban J connectivity index is 2.78. The van der Waals surface area contributed by atoms with Crippen molar-refractivity contribution >= 4 is 11.8 Å². The van der Waals surface area contributed by atoms with Gasteiger partial charge in [0.1, 0.15) is 0 Å². The van der Waals surface area contributed by atoms with Gasteiger partial charge in [-0.1, -0.05) is 30.3 Å².